The summed E-state index contributed by atoms with van der Waals surface area (Å²) < 4.78 is 7.57. The van der Waals surface area contributed by atoms with Crippen molar-refractivity contribution in [3.8, 4) is 11.4 Å². The molecule has 4 aromatic rings. The molecule has 0 bridgehead atoms. The third-order valence-corrected chi connectivity index (χ3v) is 6.85. The van der Waals surface area contributed by atoms with E-state index in [4.69, 9.17) is 28.6 Å². The van der Waals surface area contributed by atoms with Crippen LogP contribution in [-0.2, 0) is 0 Å². The van der Waals surface area contributed by atoms with Crippen molar-refractivity contribution in [2.45, 2.75) is 12.1 Å². The largest absolute Gasteiger partial charge is 0.495 e. The predicted molar refractivity (Wildman–Crippen MR) is 146 cm³/mol. The van der Waals surface area contributed by atoms with Gasteiger partial charge in [0.25, 0.3) is 0 Å². The van der Waals surface area contributed by atoms with Crippen molar-refractivity contribution in [3.63, 3.8) is 0 Å². The summed E-state index contributed by atoms with van der Waals surface area (Å²) in [6.07, 6.45) is 3.89. The molecule has 2 aromatic heterocycles. The number of halogens is 1. The lowest BCUT2D eigenvalue weighted by molar-refractivity contribution is 0.415. The molecule has 1 fully saturated rings. The van der Waals surface area contributed by atoms with Crippen LogP contribution in [0.15, 0.2) is 85.2 Å². The van der Waals surface area contributed by atoms with Crippen LogP contribution in [0.25, 0.3) is 5.69 Å². The van der Waals surface area contributed by atoms with Crippen molar-refractivity contribution in [1.82, 2.24) is 14.9 Å². The number of nitrogens with one attached hydrogen (secondary N) is 1. The van der Waals surface area contributed by atoms with Crippen molar-refractivity contribution in [2.75, 3.05) is 31.0 Å². The van der Waals surface area contributed by atoms with E-state index in [0.29, 0.717) is 15.9 Å². The molecule has 0 saturated carbocycles. The fourth-order valence-electron chi connectivity index (χ4n) is 4.52. The Morgan fingerprint density at radius 2 is 1.77 bits per heavy atom. The van der Waals surface area contributed by atoms with Crippen LogP contribution in [-0.4, -0.2) is 35.9 Å². The van der Waals surface area contributed by atoms with Gasteiger partial charge in [-0.05, 0) is 78.9 Å². The van der Waals surface area contributed by atoms with E-state index in [1.165, 1.54) is 0 Å². The lowest BCUT2D eigenvalue weighted by Gasteiger charge is -2.29. The van der Waals surface area contributed by atoms with Gasteiger partial charge in [-0.1, -0.05) is 17.7 Å². The lowest BCUT2D eigenvalue weighted by Crippen LogP contribution is -2.30. The summed E-state index contributed by atoms with van der Waals surface area (Å²) in [5.74, 6) is 0.621. The van der Waals surface area contributed by atoms with Gasteiger partial charge in [0.05, 0.1) is 23.9 Å². The minimum absolute atomic E-state index is 0.153. The molecule has 8 heteroatoms. The van der Waals surface area contributed by atoms with Gasteiger partial charge >= 0.3 is 0 Å². The normalized spacial score (nSPS) is 17.4. The van der Waals surface area contributed by atoms with Crippen LogP contribution in [0.5, 0.6) is 5.75 Å². The second-order valence-corrected chi connectivity index (χ2v) is 9.32. The maximum Gasteiger partial charge on any atom is 0.174 e. The van der Waals surface area contributed by atoms with Gasteiger partial charge < -0.3 is 24.4 Å². The lowest BCUT2D eigenvalue weighted by atomic mass is 10.0. The Labute approximate surface area is 215 Å². The molecule has 0 radical (unpaired) electrons. The number of anilines is 2. The minimum atomic E-state index is -0.162. The Morgan fingerprint density at radius 1 is 1.00 bits per heavy atom. The Hall–Kier alpha value is -3.55. The molecular formula is C27H26ClN5OS. The zero-order valence-electron chi connectivity index (χ0n) is 19.7. The number of benzene rings is 2. The minimum Gasteiger partial charge on any atom is -0.495 e. The van der Waals surface area contributed by atoms with Gasteiger partial charge in [0.2, 0.25) is 0 Å². The Balaban J connectivity index is 1.63. The fourth-order valence-corrected chi connectivity index (χ4v) is 5.12. The van der Waals surface area contributed by atoms with Gasteiger partial charge in [0.1, 0.15) is 11.8 Å². The summed E-state index contributed by atoms with van der Waals surface area (Å²) in [6.45, 7) is 0. The SMILES string of the molecule is COc1ccc(N2C(=S)NC(c3ccccn3)C2c2cccn2-c2ccc(N(C)C)cc2)cc1Cl. The van der Waals surface area contributed by atoms with Crippen LogP contribution in [0.4, 0.5) is 11.4 Å². The molecule has 2 aromatic carbocycles. The van der Waals surface area contributed by atoms with E-state index in [1.54, 1.807) is 7.11 Å². The highest BCUT2D eigenvalue weighted by Gasteiger charge is 2.42. The maximum atomic E-state index is 6.51. The molecule has 1 N–H and O–H groups in total. The number of methoxy groups -OCH3 is 1. The van der Waals surface area contributed by atoms with Crippen LogP contribution in [0.2, 0.25) is 5.02 Å². The van der Waals surface area contributed by atoms with Crippen molar-refractivity contribution < 1.29 is 4.74 Å². The first-order valence-electron chi connectivity index (χ1n) is 11.3. The highest BCUT2D eigenvalue weighted by Crippen LogP contribution is 2.43. The van der Waals surface area contributed by atoms with Crippen LogP contribution in [0.3, 0.4) is 0 Å². The summed E-state index contributed by atoms with van der Waals surface area (Å²) in [5.41, 5.74) is 5.09. The average Bonchev–Trinajstić information content (AvgIpc) is 3.49. The number of aromatic nitrogens is 2. The third-order valence-electron chi connectivity index (χ3n) is 6.24. The zero-order chi connectivity index (χ0) is 24.5. The molecule has 0 aliphatic carbocycles. The summed E-state index contributed by atoms with van der Waals surface area (Å²) in [4.78, 5) is 8.85. The zero-order valence-corrected chi connectivity index (χ0v) is 21.3. The quantitative estimate of drug-likeness (QED) is 0.337. The smallest absolute Gasteiger partial charge is 0.174 e. The number of ether oxygens (including phenoxy) is 1. The van der Waals surface area contributed by atoms with E-state index in [0.717, 1.165) is 28.5 Å². The van der Waals surface area contributed by atoms with E-state index in [1.807, 2.05) is 56.7 Å². The van der Waals surface area contributed by atoms with Crippen molar-refractivity contribution >= 4 is 40.3 Å². The Morgan fingerprint density at radius 3 is 2.43 bits per heavy atom. The first-order chi connectivity index (χ1) is 17.0. The molecule has 3 heterocycles. The molecule has 2 atom stereocenters. The van der Waals surface area contributed by atoms with Crippen LogP contribution in [0, 0.1) is 0 Å². The Kier molecular flexibility index (Phi) is 6.36. The van der Waals surface area contributed by atoms with Gasteiger partial charge in [0.15, 0.2) is 5.11 Å². The number of hydrogen-bond donors (Lipinski definition) is 1. The number of thiocarbonyl (C=S) groups is 1. The standard InChI is InChI=1S/C27H26ClN5OS/c1-31(2)18-9-11-19(12-10-18)32-16-6-8-23(32)26-25(22-7-4-5-15-29-22)30-27(35)33(26)20-13-14-24(34-3)21(28)17-20/h4-17,25-26H,1-3H3,(H,30,35). The third kappa shape index (κ3) is 4.33. The van der Waals surface area contributed by atoms with Crippen LogP contribution in [0.1, 0.15) is 23.5 Å². The second kappa shape index (κ2) is 9.60. The van der Waals surface area contributed by atoms with Crippen molar-refractivity contribution in [3.05, 3.63) is 102 Å². The predicted octanol–water partition coefficient (Wildman–Crippen LogP) is 5.78. The maximum absolute atomic E-state index is 6.51. The number of rotatable bonds is 6. The molecule has 0 amide bonds. The summed E-state index contributed by atoms with van der Waals surface area (Å²) in [5, 5.41) is 4.65. The molecule has 5 rings (SSSR count). The van der Waals surface area contributed by atoms with Crippen LogP contribution >= 0.6 is 23.8 Å². The van der Waals surface area contributed by atoms with E-state index in [9.17, 15) is 0 Å². The molecule has 178 valence electrons. The number of nitrogens with zero attached hydrogens (tertiary/aromatic N) is 4. The summed E-state index contributed by atoms with van der Waals surface area (Å²) >= 11 is 12.4. The summed E-state index contributed by atoms with van der Waals surface area (Å²) in [6, 6.07) is 24.0. The first-order valence-corrected chi connectivity index (χ1v) is 12.1. The second-order valence-electron chi connectivity index (χ2n) is 8.53. The van der Waals surface area contributed by atoms with Crippen LogP contribution < -0.4 is 19.9 Å². The molecule has 1 aliphatic heterocycles. The first kappa shape index (κ1) is 23.2. The molecule has 0 spiro atoms. The highest BCUT2D eigenvalue weighted by atomic mass is 35.5. The van der Waals surface area contributed by atoms with Gasteiger partial charge in [-0.3, -0.25) is 4.98 Å². The molecule has 2 unspecified atom stereocenters. The molecule has 35 heavy (non-hydrogen) atoms. The summed E-state index contributed by atoms with van der Waals surface area (Å²) in [7, 11) is 5.68. The topological polar surface area (TPSA) is 45.6 Å². The highest BCUT2D eigenvalue weighted by molar-refractivity contribution is 7.80. The number of pyridine rings is 1. The van der Waals surface area contributed by atoms with Gasteiger partial charge in [0, 0.05) is 49.2 Å². The molecule has 6 nitrogen and oxygen atoms in total. The monoisotopic (exact) mass is 503 g/mol. The average molecular weight is 504 g/mol. The number of hydrogen-bond acceptors (Lipinski definition) is 4. The molecule has 1 aliphatic rings. The van der Waals surface area contributed by atoms with Gasteiger partial charge in [-0.15, -0.1) is 0 Å². The molecular weight excluding hydrogens is 478 g/mol. The van der Waals surface area contributed by atoms with E-state index in [-0.39, 0.29) is 12.1 Å². The van der Waals surface area contributed by atoms with Crippen molar-refractivity contribution in [1.29, 1.82) is 0 Å². The van der Waals surface area contributed by atoms with E-state index in [2.05, 4.69) is 67.3 Å². The van der Waals surface area contributed by atoms with Crippen molar-refractivity contribution in [2.24, 2.45) is 0 Å². The Bertz CT molecular complexity index is 1340. The van der Waals surface area contributed by atoms with E-state index < -0.39 is 0 Å². The van der Waals surface area contributed by atoms with Gasteiger partial charge in [-0.2, -0.15) is 0 Å². The van der Waals surface area contributed by atoms with Gasteiger partial charge in [-0.25, -0.2) is 0 Å². The fraction of sp³-hybridized carbons (Fsp3) is 0.185. The van der Waals surface area contributed by atoms with E-state index >= 15 is 0 Å². The molecule has 1 saturated heterocycles.